The maximum atomic E-state index is 5.67. The summed E-state index contributed by atoms with van der Waals surface area (Å²) in [6.07, 6.45) is 7.55. The summed E-state index contributed by atoms with van der Waals surface area (Å²) in [7, 11) is 0. The van der Waals surface area contributed by atoms with Gasteiger partial charge in [0.05, 0.1) is 24.4 Å². The smallest absolute Gasteiger partial charge is 0.0953 e. The van der Waals surface area contributed by atoms with Gasteiger partial charge in [0, 0.05) is 30.9 Å². The Labute approximate surface area is 94.9 Å². The lowest BCUT2D eigenvalue weighted by Crippen LogP contribution is -2.15. The zero-order valence-electron chi connectivity index (χ0n) is 9.67. The van der Waals surface area contributed by atoms with Crippen LogP contribution in [0.4, 0.5) is 0 Å². The fraction of sp³-hybridized carbons (Fsp3) is 0.455. The molecule has 1 atom stereocenters. The van der Waals surface area contributed by atoms with Gasteiger partial charge in [0.25, 0.3) is 0 Å². The SMILES string of the molecule is CCn1cc(-c2cncn2C(C)CN)cn1. The average Bonchev–Trinajstić information content (AvgIpc) is 2.95. The molecule has 2 N–H and O–H groups in total. The van der Waals surface area contributed by atoms with E-state index in [9.17, 15) is 0 Å². The molecule has 0 radical (unpaired) electrons. The fourth-order valence-corrected chi connectivity index (χ4v) is 1.66. The summed E-state index contributed by atoms with van der Waals surface area (Å²) in [4.78, 5) is 4.17. The van der Waals surface area contributed by atoms with E-state index in [1.807, 2.05) is 29.6 Å². The van der Waals surface area contributed by atoms with E-state index >= 15 is 0 Å². The lowest BCUT2D eigenvalue weighted by molar-refractivity contribution is 0.562. The molecular formula is C11H17N5. The Morgan fingerprint density at radius 1 is 1.44 bits per heavy atom. The molecule has 0 aliphatic rings. The molecule has 0 aromatic carbocycles. The van der Waals surface area contributed by atoms with Crippen molar-refractivity contribution in [2.24, 2.45) is 5.73 Å². The summed E-state index contributed by atoms with van der Waals surface area (Å²) in [6.45, 7) is 5.62. The maximum Gasteiger partial charge on any atom is 0.0953 e. The van der Waals surface area contributed by atoms with Gasteiger partial charge in [-0.25, -0.2) is 4.98 Å². The van der Waals surface area contributed by atoms with E-state index in [4.69, 9.17) is 5.73 Å². The lowest BCUT2D eigenvalue weighted by atomic mass is 10.2. The number of imidazole rings is 1. The molecule has 86 valence electrons. The minimum Gasteiger partial charge on any atom is -0.328 e. The van der Waals surface area contributed by atoms with E-state index in [1.165, 1.54) is 0 Å². The number of nitrogens with two attached hydrogens (primary N) is 1. The van der Waals surface area contributed by atoms with Crippen LogP contribution in [-0.2, 0) is 6.54 Å². The maximum absolute atomic E-state index is 5.67. The van der Waals surface area contributed by atoms with Gasteiger partial charge in [-0.15, -0.1) is 0 Å². The van der Waals surface area contributed by atoms with E-state index in [-0.39, 0.29) is 6.04 Å². The van der Waals surface area contributed by atoms with Crippen LogP contribution in [0.2, 0.25) is 0 Å². The predicted octanol–water partition coefficient (Wildman–Crippen LogP) is 1.29. The highest BCUT2D eigenvalue weighted by Crippen LogP contribution is 2.21. The molecule has 5 nitrogen and oxygen atoms in total. The molecule has 0 amide bonds. The Morgan fingerprint density at radius 3 is 2.88 bits per heavy atom. The number of hydrogen-bond donors (Lipinski definition) is 1. The summed E-state index contributed by atoms with van der Waals surface area (Å²) >= 11 is 0. The minimum absolute atomic E-state index is 0.252. The first-order chi connectivity index (χ1) is 7.76. The van der Waals surface area contributed by atoms with Gasteiger partial charge in [-0.05, 0) is 13.8 Å². The Hall–Kier alpha value is -1.62. The summed E-state index contributed by atoms with van der Waals surface area (Å²) in [5.74, 6) is 0. The van der Waals surface area contributed by atoms with Gasteiger partial charge in [-0.2, -0.15) is 5.10 Å². The molecule has 0 fully saturated rings. The highest BCUT2D eigenvalue weighted by Gasteiger charge is 2.11. The van der Waals surface area contributed by atoms with Crippen molar-refractivity contribution in [3.63, 3.8) is 0 Å². The molecule has 0 saturated heterocycles. The summed E-state index contributed by atoms with van der Waals surface area (Å²) in [6, 6.07) is 0.252. The van der Waals surface area contributed by atoms with Gasteiger partial charge >= 0.3 is 0 Å². The van der Waals surface area contributed by atoms with Crippen molar-refractivity contribution in [1.29, 1.82) is 0 Å². The monoisotopic (exact) mass is 219 g/mol. The van der Waals surface area contributed by atoms with E-state index < -0.39 is 0 Å². The van der Waals surface area contributed by atoms with E-state index in [2.05, 4.69) is 28.5 Å². The van der Waals surface area contributed by atoms with Crippen LogP contribution in [0.3, 0.4) is 0 Å². The van der Waals surface area contributed by atoms with E-state index in [1.54, 1.807) is 0 Å². The molecular weight excluding hydrogens is 202 g/mol. The zero-order chi connectivity index (χ0) is 11.5. The zero-order valence-corrected chi connectivity index (χ0v) is 9.67. The van der Waals surface area contributed by atoms with Crippen molar-refractivity contribution in [3.8, 4) is 11.3 Å². The molecule has 0 bridgehead atoms. The molecule has 5 heteroatoms. The van der Waals surface area contributed by atoms with Crippen LogP contribution in [0, 0.1) is 0 Å². The van der Waals surface area contributed by atoms with Gasteiger partial charge in [0.2, 0.25) is 0 Å². The molecule has 2 aromatic rings. The molecule has 1 unspecified atom stereocenters. The number of rotatable bonds is 4. The van der Waals surface area contributed by atoms with Crippen LogP contribution in [0.15, 0.2) is 24.9 Å². The third-order valence-corrected chi connectivity index (χ3v) is 2.74. The van der Waals surface area contributed by atoms with Crippen LogP contribution in [0.5, 0.6) is 0 Å². The standard InChI is InChI=1S/C11H17N5/c1-3-15-7-10(5-14-15)11-6-13-8-16(11)9(2)4-12/h5-9H,3-4,12H2,1-2H3. The third-order valence-electron chi connectivity index (χ3n) is 2.74. The minimum atomic E-state index is 0.252. The molecule has 0 aliphatic carbocycles. The predicted molar refractivity (Wildman–Crippen MR) is 62.9 cm³/mol. The van der Waals surface area contributed by atoms with Crippen molar-refractivity contribution in [2.75, 3.05) is 6.54 Å². The van der Waals surface area contributed by atoms with Crippen LogP contribution in [0.1, 0.15) is 19.9 Å². The molecule has 0 spiro atoms. The highest BCUT2D eigenvalue weighted by molar-refractivity contribution is 5.56. The first-order valence-corrected chi connectivity index (χ1v) is 5.51. The molecule has 16 heavy (non-hydrogen) atoms. The Balaban J connectivity index is 2.36. The van der Waals surface area contributed by atoms with Crippen molar-refractivity contribution in [3.05, 3.63) is 24.9 Å². The van der Waals surface area contributed by atoms with Gasteiger partial charge in [-0.1, -0.05) is 0 Å². The second-order valence-electron chi connectivity index (χ2n) is 3.86. The normalized spacial score (nSPS) is 12.9. The van der Waals surface area contributed by atoms with Crippen molar-refractivity contribution < 1.29 is 0 Å². The fourth-order valence-electron chi connectivity index (χ4n) is 1.66. The molecule has 0 saturated carbocycles. The second kappa shape index (κ2) is 4.49. The average molecular weight is 219 g/mol. The quantitative estimate of drug-likeness (QED) is 0.842. The van der Waals surface area contributed by atoms with Crippen LogP contribution < -0.4 is 5.73 Å². The molecule has 2 aromatic heterocycles. The van der Waals surface area contributed by atoms with E-state index in [0.717, 1.165) is 17.8 Å². The van der Waals surface area contributed by atoms with Crippen molar-refractivity contribution in [2.45, 2.75) is 26.4 Å². The largest absolute Gasteiger partial charge is 0.328 e. The lowest BCUT2D eigenvalue weighted by Gasteiger charge is -2.13. The Morgan fingerprint density at radius 2 is 2.25 bits per heavy atom. The topological polar surface area (TPSA) is 61.7 Å². The van der Waals surface area contributed by atoms with Crippen LogP contribution in [0.25, 0.3) is 11.3 Å². The summed E-state index contributed by atoms with van der Waals surface area (Å²) in [5.41, 5.74) is 7.82. The van der Waals surface area contributed by atoms with Gasteiger partial charge in [0.15, 0.2) is 0 Å². The summed E-state index contributed by atoms with van der Waals surface area (Å²) < 4.78 is 3.98. The first-order valence-electron chi connectivity index (χ1n) is 5.51. The van der Waals surface area contributed by atoms with E-state index in [0.29, 0.717) is 6.54 Å². The van der Waals surface area contributed by atoms with Crippen LogP contribution in [-0.4, -0.2) is 25.9 Å². The first kappa shape index (κ1) is 10.9. The number of hydrogen-bond acceptors (Lipinski definition) is 3. The van der Waals surface area contributed by atoms with Crippen LogP contribution >= 0.6 is 0 Å². The Kier molecular flexibility index (Phi) is 3.05. The number of aromatic nitrogens is 4. The van der Waals surface area contributed by atoms with Gasteiger partial charge in [0.1, 0.15) is 0 Å². The molecule has 2 heterocycles. The number of aryl methyl sites for hydroxylation is 1. The van der Waals surface area contributed by atoms with Crippen molar-refractivity contribution in [1.82, 2.24) is 19.3 Å². The molecule has 2 rings (SSSR count). The van der Waals surface area contributed by atoms with Crippen molar-refractivity contribution >= 4 is 0 Å². The van der Waals surface area contributed by atoms with Gasteiger partial charge in [-0.3, -0.25) is 4.68 Å². The number of nitrogens with zero attached hydrogens (tertiary/aromatic N) is 4. The third kappa shape index (κ3) is 1.86. The molecule has 0 aliphatic heterocycles. The highest BCUT2D eigenvalue weighted by atomic mass is 15.3. The Bertz CT molecular complexity index is 456. The van der Waals surface area contributed by atoms with Gasteiger partial charge < -0.3 is 10.3 Å². The summed E-state index contributed by atoms with van der Waals surface area (Å²) in [5, 5.41) is 4.26. The second-order valence-corrected chi connectivity index (χ2v) is 3.86.